The molecular formula is C20H26O5S. The number of cyclic esters (lactones) is 1. The van der Waals surface area contributed by atoms with Gasteiger partial charge in [0, 0.05) is 5.92 Å². The third-order valence-corrected chi connectivity index (χ3v) is 6.60. The van der Waals surface area contributed by atoms with Crippen LogP contribution in [0.5, 0.6) is 5.75 Å². The Morgan fingerprint density at radius 3 is 2.69 bits per heavy atom. The highest BCUT2D eigenvalue weighted by atomic mass is 32.2. The van der Waals surface area contributed by atoms with Gasteiger partial charge in [0.25, 0.3) is 0 Å². The van der Waals surface area contributed by atoms with Crippen LogP contribution in [-0.2, 0) is 26.1 Å². The van der Waals surface area contributed by atoms with Gasteiger partial charge in [0.05, 0.1) is 17.8 Å². The van der Waals surface area contributed by atoms with Crippen LogP contribution in [0, 0.1) is 11.3 Å². The third-order valence-electron chi connectivity index (χ3n) is 5.37. The van der Waals surface area contributed by atoms with E-state index in [2.05, 4.69) is 6.58 Å². The van der Waals surface area contributed by atoms with E-state index in [4.69, 9.17) is 8.92 Å². The van der Waals surface area contributed by atoms with Crippen LogP contribution in [0.2, 0.25) is 0 Å². The van der Waals surface area contributed by atoms with E-state index in [1.807, 2.05) is 19.1 Å². The van der Waals surface area contributed by atoms with Gasteiger partial charge >= 0.3 is 16.1 Å². The molecule has 0 aromatic heterocycles. The highest BCUT2D eigenvalue weighted by Gasteiger charge is 2.55. The predicted octanol–water partition coefficient (Wildman–Crippen LogP) is 3.64. The molecule has 1 saturated carbocycles. The second-order valence-corrected chi connectivity index (χ2v) is 9.15. The summed E-state index contributed by atoms with van der Waals surface area (Å²) in [5, 5.41) is 0. The fraction of sp³-hybridized carbons (Fsp3) is 0.550. The van der Waals surface area contributed by atoms with Crippen LogP contribution in [0.4, 0.5) is 0 Å². The number of benzene rings is 1. The Morgan fingerprint density at radius 2 is 2.00 bits per heavy atom. The van der Waals surface area contributed by atoms with Crippen LogP contribution in [0.15, 0.2) is 36.4 Å². The summed E-state index contributed by atoms with van der Waals surface area (Å²) in [5.74, 6) is 0.392. The summed E-state index contributed by atoms with van der Waals surface area (Å²) in [6.45, 7) is 6.54. The summed E-state index contributed by atoms with van der Waals surface area (Å²) in [4.78, 5) is 12.3. The summed E-state index contributed by atoms with van der Waals surface area (Å²) in [6, 6.07) is 6.97. The zero-order valence-electron chi connectivity index (χ0n) is 15.2. The predicted molar refractivity (Wildman–Crippen MR) is 99.3 cm³/mol. The van der Waals surface area contributed by atoms with Gasteiger partial charge < -0.3 is 8.92 Å². The number of carbonyl (C=O) groups is 1. The van der Waals surface area contributed by atoms with Crippen molar-refractivity contribution in [2.75, 3.05) is 12.4 Å². The molecule has 2 aliphatic rings. The number of rotatable bonds is 8. The van der Waals surface area contributed by atoms with Crippen LogP contribution in [-0.4, -0.2) is 26.7 Å². The van der Waals surface area contributed by atoms with Crippen molar-refractivity contribution in [2.45, 2.75) is 45.4 Å². The molecule has 2 atom stereocenters. The summed E-state index contributed by atoms with van der Waals surface area (Å²) < 4.78 is 34.4. The van der Waals surface area contributed by atoms with Gasteiger partial charge in [-0.15, -0.1) is 0 Å². The zero-order valence-corrected chi connectivity index (χ0v) is 16.0. The van der Waals surface area contributed by atoms with Crippen LogP contribution < -0.4 is 4.18 Å². The van der Waals surface area contributed by atoms with Gasteiger partial charge in [-0.05, 0) is 43.4 Å². The fourth-order valence-corrected chi connectivity index (χ4v) is 5.05. The molecule has 0 spiro atoms. The summed E-state index contributed by atoms with van der Waals surface area (Å²) in [7, 11) is -3.56. The molecule has 142 valence electrons. The molecule has 0 amide bonds. The molecule has 2 unspecified atom stereocenters. The number of fused-ring (bicyclic) bond motifs is 1. The molecule has 1 saturated heterocycles. The van der Waals surface area contributed by atoms with E-state index in [-0.39, 0.29) is 17.6 Å². The molecule has 2 fully saturated rings. The highest BCUT2D eigenvalue weighted by Crippen LogP contribution is 2.52. The molecule has 1 aliphatic heterocycles. The molecule has 1 heterocycles. The van der Waals surface area contributed by atoms with Gasteiger partial charge in [-0.2, -0.15) is 8.42 Å². The lowest BCUT2D eigenvalue weighted by atomic mass is 9.75. The van der Waals surface area contributed by atoms with Crippen molar-refractivity contribution < 1.29 is 22.1 Å². The minimum atomic E-state index is -3.56. The first-order valence-corrected chi connectivity index (χ1v) is 10.8. The lowest BCUT2D eigenvalue weighted by molar-refractivity contribution is -0.146. The number of hydrogen-bond donors (Lipinski definition) is 0. The lowest BCUT2D eigenvalue weighted by Gasteiger charge is -2.24. The molecule has 1 aliphatic carbocycles. The number of allylic oxidation sites excluding steroid dienone is 1. The Morgan fingerprint density at radius 1 is 1.27 bits per heavy atom. The molecule has 3 rings (SSSR count). The quantitative estimate of drug-likeness (QED) is 0.299. The lowest BCUT2D eigenvalue weighted by Crippen LogP contribution is -2.31. The van der Waals surface area contributed by atoms with Crippen LogP contribution in [0.25, 0.3) is 0 Å². The molecule has 6 heteroatoms. The summed E-state index contributed by atoms with van der Waals surface area (Å²) >= 11 is 0. The third kappa shape index (κ3) is 3.95. The maximum atomic E-state index is 12.3. The van der Waals surface area contributed by atoms with Gasteiger partial charge in [-0.1, -0.05) is 44.1 Å². The fourth-order valence-electron chi connectivity index (χ4n) is 4.01. The summed E-state index contributed by atoms with van der Waals surface area (Å²) in [5.41, 5.74) is 1.56. The maximum Gasteiger partial charge on any atom is 0.313 e. The maximum absolute atomic E-state index is 12.3. The molecular weight excluding hydrogens is 352 g/mol. The average molecular weight is 378 g/mol. The molecule has 0 bridgehead atoms. The summed E-state index contributed by atoms with van der Waals surface area (Å²) in [6.07, 6.45) is 4.52. The first kappa shape index (κ1) is 19.0. The monoisotopic (exact) mass is 378 g/mol. The number of unbranched alkanes of at least 4 members (excludes halogenated alkanes) is 2. The molecule has 5 nitrogen and oxygen atoms in total. The van der Waals surface area contributed by atoms with E-state index in [9.17, 15) is 13.2 Å². The zero-order chi connectivity index (χ0) is 18.8. The average Bonchev–Trinajstić information content (AvgIpc) is 3.04. The van der Waals surface area contributed by atoms with E-state index in [0.717, 1.165) is 30.4 Å². The van der Waals surface area contributed by atoms with E-state index in [1.54, 1.807) is 12.1 Å². The van der Waals surface area contributed by atoms with E-state index in [1.165, 1.54) is 0 Å². The second-order valence-electron chi connectivity index (χ2n) is 7.46. The number of esters is 1. The van der Waals surface area contributed by atoms with Crippen molar-refractivity contribution >= 4 is 16.1 Å². The van der Waals surface area contributed by atoms with Crippen molar-refractivity contribution in [3.05, 3.63) is 42.0 Å². The van der Waals surface area contributed by atoms with Crippen molar-refractivity contribution in [3.8, 4) is 5.75 Å². The van der Waals surface area contributed by atoms with Crippen molar-refractivity contribution in [1.29, 1.82) is 0 Å². The van der Waals surface area contributed by atoms with Gasteiger partial charge in [0.1, 0.15) is 5.75 Å². The number of carbonyl (C=O) groups excluding carboxylic acids is 1. The SMILES string of the molecule is C=C1CC2COC(=O)C2(Cc2ccc(OS(=O)(=O)CCCCC)cc2)C1. The first-order valence-electron chi connectivity index (χ1n) is 9.19. The van der Waals surface area contributed by atoms with Crippen molar-refractivity contribution in [3.63, 3.8) is 0 Å². The van der Waals surface area contributed by atoms with Crippen molar-refractivity contribution in [2.24, 2.45) is 11.3 Å². The Balaban J connectivity index is 1.66. The first-order chi connectivity index (χ1) is 12.3. The van der Waals surface area contributed by atoms with Crippen LogP contribution >= 0.6 is 0 Å². The molecule has 0 radical (unpaired) electrons. The van der Waals surface area contributed by atoms with E-state index < -0.39 is 15.5 Å². The normalized spacial score (nSPS) is 25.2. The van der Waals surface area contributed by atoms with Crippen molar-refractivity contribution in [1.82, 2.24) is 0 Å². The topological polar surface area (TPSA) is 69.7 Å². The number of ether oxygens (including phenoxy) is 1. The largest absolute Gasteiger partial charge is 0.465 e. The van der Waals surface area contributed by atoms with Gasteiger partial charge in [-0.25, -0.2) is 0 Å². The smallest absolute Gasteiger partial charge is 0.313 e. The van der Waals surface area contributed by atoms with Crippen LogP contribution in [0.1, 0.15) is 44.6 Å². The highest BCUT2D eigenvalue weighted by molar-refractivity contribution is 7.87. The minimum absolute atomic E-state index is 0.0291. The van der Waals surface area contributed by atoms with Crippen LogP contribution in [0.3, 0.4) is 0 Å². The second kappa shape index (κ2) is 7.43. The van der Waals surface area contributed by atoms with E-state index >= 15 is 0 Å². The Hall–Kier alpha value is -1.82. The van der Waals surface area contributed by atoms with E-state index in [0.29, 0.717) is 31.6 Å². The molecule has 1 aromatic carbocycles. The van der Waals surface area contributed by atoms with Gasteiger partial charge in [0.2, 0.25) is 0 Å². The molecule has 0 N–H and O–H groups in total. The Kier molecular flexibility index (Phi) is 5.42. The van der Waals surface area contributed by atoms with Gasteiger partial charge in [-0.3, -0.25) is 4.79 Å². The Labute approximate surface area is 155 Å². The standard InChI is InChI=1S/C20H26O5S/c1-3-4-5-10-26(22,23)25-18-8-6-16(7-9-18)13-20-12-15(2)11-17(20)14-24-19(20)21/h6-9,17H,2-5,10-14H2,1H3. The number of hydrogen-bond acceptors (Lipinski definition) is 5. The molecule has 26 heavy (non-hydrogen) atoms. The minimum Gasteiger partial charge on any atom is -0.465 e. The van der Waals surface area contributed by atoms with Gasteiger partial charge in [0.15, 0.2) is 0 Å². The Bertz CT molecular complexity index is 781. The molecule has 1 aromatic rings.